The SMILES string of the molecule is O=C1CCCC[C@@]1([C@H](C[N+](=O)[O-])c1ccc(Cl)cc1)[N+](=O)[O-]. The molecule has 2 rings (SSSR count). The molecule has 0 amide bonds. The highest BCUT2D eigenvalue weighted by Gasteiger charge is 2.59. The van der Waals surface area contributed by atoms with Gasteiger partial charge in [-0.1, -0.05) is 23.7 Å². The summed E-state index contributed by atoms with van der Waals surface area (Å²) >= 11 is 5.80. The molecule has 0 unspecified atom stereocenters. The quantitative estimate of drug-likeness (QED) is 0.611. The van der Waals surface area contributed by atoms with Crippen molar-refractivity contribution in [1.29, 1.82) is 0 Å². The van der Waals surface area contributed by atoms with Gasteiger partial charge in [-0.2, -0.15) is 0 Å². The summed E-state index contributed by atoms with van der Waals surface area (Å²) in [6.07, 6.45) is 1.21. The van der Waals surface area contributed by atoms with E-state index in [9.17, 15) is 25.0 Å². The van der Waals surface area contributed by atoms with Crippen LogP contribution in [0.15, 0.2) is 24.3 Å². The summed E-state index contributed by atoms with van der Waals surface area (Å²) in [7, 11) is 0. The van der Waals surface area contributed by atoms with Crippen molar-refractivity contribution in [2.45, 2.75) is 37.1 Å². The van der Waals surface area contributed by atoms with E-state index in [-0.39, 0.29) is 12.8 Å². The average molecular weight is 327 g/mol. The molecule has 0 spiro atoms. The van der Waals surface area contributed by atoms with Gasteiger partial charge in [0.1, 0.15) is 5.92 Å². The fraction of sp³-hybridized carbons (Fsp3) is 0.500. The van der Waals surface area contributed by atoms with Crippen molar-refractivity contribution >= 4 is 17.4 Å². The molecule has 0 saturated heterocycles. The highest BCUT2D eigenvalue weighted by atomic mass is 35.5. The molecule has 2 atom stereocenters. The monoisotopic (exact) mass is 326 g/mol. The Hall–Kier alpha value is -2.02. The number of carbonyl (C=O) groups excluding carboxylic acids is 1. The number of benzene rings is 1. The van der Waals surface area contributed by atoms with Gasteiger partial charge in [0.2, 0.25) is 12.3 Å². The van der Waals surface area contributed by atoms with Crippen LogP contribution >= 0.6 is 11.6 Å². The number of hydrogen-bond donors (Lipinski definition) is 0. The third-order valence-corrected chi connectivity index (χ3v) is 4.45. The Labute approximate surface area is 131 Å². The second kappa shape index (κ2) is 6.39. The summed E-state index contributed by atoms with van der Waals surface area (Å²) in [5, 5.41) is 23.1. The fourth-order valence-corrected chi connectivity index (χ4v) is 3.23. The van der Waals surface area contributed by atoms with Gasteiger partial charge in [0.25, 0.3) is 5.54 Å². The Morgan fingerprint density at radius 2 is 1.82 bits per heavy atom. The van der Waals surface area contributed by atoms with E-state index in [4.69, 9.17) is 11.6 Å². The molecule has 1 saturated carbocycles. The van der Waals surface area contributed by atoms with E-state index in [1.165, 1.54) is 24.3 Å². The molecule has 0 heterocycles. The second-order valence-corrected chi connectivity index (χ2v) is 5.87. The molecule has 1 aromatic carbocycles. The average Bonchev–Trinajstić information content (AvgIpc) is 2.46. The first-order valence-corrected chi connectivity index (χ1v) is 7.31. The molecule has 0 N–H and O–H groups in total. The number of Topliss-reactive ketones (excluding diaryl/α,β-unsaturated/α-hetero) is 1. The second-order valence-electron chi connectivity index (χ2n) is 5.43. The van der Waals surface area contributed by atoms with Crippen LogP contribution in [0, 0.1) is 20.2 Å². The van der Waals surface area contributed by atoms with E-state index in [0.29, 0.717) is 23.4 Å². The van der Waals surface area contributed by atoms with E-state index in [2.05, 4.69) is 0 Å². The van der Waals surface area contributed by atoms with Gasteiger partial charge in [-0.15, -0.1) is 0 Å². The molecule has 1 aliphatic carbocycles. The van der Waals surface area contributed by atoms with Crippen LogP contribution in [0.3, 0.4) is 0 Å². The first-order valence-electron chi connectivity index (χ1n) is 6.93. The van der Waals surface area contributed by atoms with Crippen molar-refractivity contribution in [3.05, 3.63) is 55.1 Å². The molecule has 8 heteroatoms. The molecule has 0 radical (unpaired) electrons. The molecular weight excluding hydrogens is 312 g/mol. The number of nitrogens with zero attached hydrogens (tertiary/aromatic N) is 2. The lowest BCUT2D eigenvalue weighted by Gasteiger charge is -2.32. The van der Waals surface area contributed by atoms with Crippen molar-refractivity contribution in [2.75, 3.05) is 6.54 Å². The third kappa shape index (κ3) is 2.94. The van der Waals surface area contributed by atoms with E-state index in [1.807, 2.05) is 0 Å². The van der Waals surface area contributed by atoms with Crippen LogP contribution in [0.4, 0.5) is 0 Å². The highest BCUT2D eigenvalue weighted by Crippen LogP contribution is 2.40. The number of halogens is 1. The van der Waals surface area contributed by atoms with Crippen LogP contribution in [0.1, 0.15) is 37.2 Å². The number of rotatable bonds is 5. The maximum absolute atomic E-state index is 12.3. The van der Waals surface area contributed by atoms with Crippen LogP contribution in [0.5, 0.6) is 0 Å². The predicted molar refractivity (Wildman–Crippen MR) is 79.3 cm³/mol. The van der Waals surface area contributed by atoms with Crippen molar-refractivity contribution < 1.29 is 14.6 Å². The van der Waals surface area contributed by atoms with Crippen molar-refractivity contribution in [2.24, 2.45) is 0 Å². The minimum Gasteiger partial charge on any atom is -0.292 e. The topological polar surface area (TPSA) is 103 Å². The Morgan fingerprint density at radius 1 is 1.18 bits per heavy atom. The molecule has 0 aromatic heterocycles. The van der Waals surface area contributed by atoms with E-state index in [1.54, 1.807) is 0 Å². The van der Waals surface area contributed by atoms with Gasteiger partial charge < -0.3 is 0 Å². The Morgan fingerprint density at radius 3 is 2.32 bits per heavy atom. The van der Waals surface area contributed by atoms with Gasteiger partial charge in [-0.25, -0.2) is 0 Å². The smallest absolute Gasteiger partial charge is 0.292 e. The summed E-state index contributed by atoms with van der Waals surface area (Å²) in [6.45, 7) is -0.658. The van der Waals surface area contributed by atoms with Crippen LogP contribution in [0.2, 0.25) is 5.02 Å². The standard InChI is InChI=1S/C14H15ClN2O5/c15-11-6-4-10(5-7-11)12(9-16(19)20)14(17(21)22)8-2-1-3-13(14)18/h4-7,12H,1-3,8-9H2/t12-,14+/m1/s1. The molecule has 1 aromatic rings. The van der Waals surface area contributed by atoms with Crippen molar-refractivity contribution in [3.63, 3.8) is 0 Å². The van der Waals surface area contributed by atoms with Gasteiger partial charge in [0, 0.05) is 27.7 Å². The number of carbonyl (C=O) groups is 1. The molecular formula is C14H15ClN2O5. The zero-order chi connectivity index (χ0) is 16.3. The first kappa shape index (κ1) is 16.4. The maximum atomic E-state index is 12.3. The number of nitro groups is 2. The molecule has 118 valence electrons. The van der Waals surface area contributed by atoms with Crippen LogP contribution in [0.25, 0.3) is 0 Å². The predicted octanol–water partition coefficient (Wildman–Crippen LogP) is 2.86. The molecule has 7 nitrogen and oxygen atoms in total. The Kier molecular flexibility index (Phi) is 4.75. The molecule has 1 aliphatic rings. The maximum Gasteiger partial charge on any atom is 0.292 e. The summed E-state index contributed by atoms with van der Waals surface area (Å²) < 4.78 is 0. The first-order chi connectivity index (χ1) is 10.4. The number of hydrogen-bond acceptors (Lipinski definition) is 5. The summed E-state index contributed by atoms with van der Waals surface area (Å²) in [5.41, 5.74) is -1.52. The normalized spacial score (nSPS) is 23.0. The Bertz CT molecular complexity index is 604. The fourth-order valence-electron chi connectivity index (χ4n) is 3.10. The van der Waals surface area contributed by atoms with Gasteiger partial charge >= 0.3 is 0 Å². The van der Waals surface area contributed by atoms with Gasteiger partial charge in [0.05, 0.1) is 0 Å². The molecule has 0 bridgehead atoms. The molecule has 1 fully saturated rings. The molecule has 0 aliphatic heterocycles. The van der Waals surface area contributed by atoms with Crippen LogP contribution in [-0.2, 0) is 4.79 Å². The van der Waals surface area contributed by atoms with E-state index >= 15 is 0 Å². The summed E-state index contributed by atoms with van der Waals surface area (Å²) in [4.78, 5) is 33.8. The van der Waals surface area contributed by atoms with Crippen molar-refractivity contribution in [3.8, 4) is 0 Å². The lowest BCUT2D eigenvalue weighted by atomic mass is 9.69. The summed E-state index contributed by atoms with van der Waals surface area (Å²) in [6, 6.07) is 6.07. The van der Waals surface area contributed by atoms with Crippen LogP contribution < -0.4 is 0 Å². The lowest BCUT2D eigenvalue weighted by Crippen LogP contribution is -2.54. The van der Waals surface area contributed by atoms with Gasteiger partial charge in [-0.3, -0.25) is 25.0 Å². The number of ketones is 1. The van der Waals surface area contributed by atoms with E-state index < -0.39 is 33.6 Å². The van der Waals surface area contributed by atoms with Gasteiger partial charge in [0.15, 0.2) is 0 Å². The minimum atomic E-state index is -1.92. The summed E-state index contributed by atoms with van der Waals surface area (Å²) in [5.74, 6) is -1.62. The molecule has 22 heavy (non-hydrogen) atoms. The van der Waals surface area contributed by atoms with Crippen molar-refractivity contribution in [1.82, 2.24) is 0 Å². The van der Waals surface area contributed by atoms with E-state index in [0.717, 1.165) is 0 Å². The minimum absolute atomic E-state index is 0.0277. The van der Waals surface area contributed by atoms with Crippen LogP contribution in [-0.4, -0.2) is 27.7 Å². The third-order valence-electron chi connectivity index (χ3n) is 4.20. The largest absolute Gasteiger partial charge is 0.292 e. The lowest BCUT2D eigenvalue weighted by molar-refractivity contribution is -0.574. The Balaban J connectivity index is 2.54. The zero-order valence-electron chi connectivity index (χ0n) is 11.7. The van der Waals surface area contributed by atoms with Gasteiger partial charge in [-0.05, 0) is 30.5 Å². The zero-order valence-corrected chi connectivity index (χ0v) is 12.5. The highest BCUT2D eigenvalue weighted by molar-refractivity contribution is 6.30.